The normalized spacial score (nSPS) is 30.2. The summed E-state index contributed by atoms with van der Waals surface area (Å²) in [5, 5.41) is 11.4. The molecule has 2 aliphatic carbocycles. The van der Waals surface area contributed by atoms with E-state index in [2.05, 4.69) is 13.0 Å². The van der Waals surface area contributed by atoms with Crippen molar-refractivity contribution in [3.8, 4) is 0 Å². The van der Waals surface area contributed by atoms with Gasteiger partial charge < -0.3 is 10.0 Å². The summed E-state index contributed by atoms with van der Waals surface area (Å²) in [5.41, 5.74) is 0.773. The zero-order valence-electron chi connectivity index (χ0n) is 13.1. The van der Waals surface area contributed by atoms with Crippen molar-refractivity contribution >= 4 is 5.91 Å². The van der Waals surface area contributed by atoms with E-state index >= 15 is 0 Å². The lowest BCUT2D eigenvalue weighted by Gasteiger charge is -2.43. The lowest BCUT2D eigenvalue weighted by atomic mass is 9.87. The van der Waals surface area contributed by atoms with Crippen LogP contribution >= 0.6 is 0 Å². The SMILES string of the molecule is CCCCC1(O)C2=C(C=CCC2)C(=O)N1C1CCCCC1. The Balaban J connectivity index is 1.93. The number of rotatable bonds is 4. The lowest BCUT2D eigenvalue weighted by Crippen LogP contribution is -2.54. The highest BCUT2D eigenvalue weighted by atomic mass is 16.3. The van der Waals surface area contributed by atoms with Gasteiger partial charge in [-0.25, -0.2) is 0 Å². The maximum atomic E-state index is 12.9. The average Bonchev–Trinajstić information content (AvgIpc) is 2.75. The summed E-state index contributed by atoms with van der Waals surface area (Å²) in [6.07, 6.45) is 14.2. The van der Waals surface area contributed by atoms with Crippen LogP contribution in [0.5, 0.6) is 0 Å². The predicted molar refractivity (Wildman–Crippen MR) is 83.6 cm³/mol. The molecular weight excluding hydrogens is 262 g/mol. The van der Waals surface area contributed by atoms with Crippen LogP contribution in [0.2, 0.25) is 0 Å². The highest BCUT2D eigenvalue weighted by Crippen LogP contribution is 2.45. The minimum atomic E-state index is -1.00. The van der Waals surface area contributed by atoms with E-state index in [9.17, 15) is 9.90 Å². The monoisotopic (exact) mass is 289 g/mol. The van der Waals surface area contributed by atoms with E-state index < -0.39 is 5.72 Å². The van der Waals surface area contributed by atoms with E-state index in [0.717, 1.165) is 49.7 Å². The van der Waals surface area contributed by atoms with Crippen LogP contribution in [0.25, 0.3) is 0 Å². The van der Waals surface area contributed by atoms with Gasteiger partial charge >= 0.3 is 0 Å². The summed E-state index contributed by atoms with van der Waals surface area (Å²) in [6.45, 7) is 2.14. The molecule has 0 aromatic heterocycles. The van der Waals surface area contributed by atoms with Gasteiger partial charge in [-0.2, -0.15) is 0 Å². The molecule has 0 aromatic rings. The molecular formula is C18H27NO2. The number of unbranched alkanes of at least 4 members (excludes halogenated alkanes) is 1. The molecule has 3 heteroatoms. The molecule has 21 heavy (non-hydrogen) atoms. The van der Waals surface area contributed by atoms with E-state index in [1.165, 1.54) is 19.3 Å². The van der Waals surface area contributed by atoms with Gasteiger partial charge in [0, 0.05) is 11.6 Å². The van der Waals surface area contributed by atoms with Crippen LogP contribution in [0.1, 0.15) is 71.1 Å². The van der Waals surface area contributed by atoms with Gasteiger partial charge in [-0.15, -0.1) is 0 Å². The Kier molecular flexibility index (Phi) is 4.21. The van der Waals surface area contributed by atoms with Gasteiger partial charge in [0.15, 0.2) is 5.72 Å². The molecule has 0 spiro atoms. The van der Waals surface area contributed by atoms with Crippen LogP contribution in [0.15, 0.2) is 23.3 Å². The van der Waals surface area contributed by atoms with Crippen LogP contribution in [-0.4, -0.2) is 27.7 Å². The standard InChI is InChI=1S/C18H27NO2/c1-2-3-13-18(21)16-12-8-7-11-15(16)17(20)19(18)14-9-5-4-6-10-14/h7,11,14,21H,2-6,8-10,12-13H2,1H3. The summed E-state index contributed by atoms with van der Waals surface area (Å²) in [7, 11) is 0. The van der Waals surface area contributed by atoms with Crippen LogP contribution in [0, 0.1) is 0 Å². The van der Waals surface area contributed by atoms with Crippen LogP contribution in [-0.2, 0) is 4.79 Å². The molecule has 3 nitrogen and oxygen atoms in total. The summed E-state index contributed by atoms with van der Waals surface area (Å²) in [6, 6.07) is 0.229. The number of amides is 1. The van der Waals surface area contributed by atoms with Crippen molar-refractivity contribution < 1.29 is 9.90 Å². The van der Waals surface area contributed by atoms with Gasteiger partial charge in [-0.05, 0) is 44.1 Å². The highest BCUT2D eigenvalue weighted by Gasteiger charge is 2.51. The summed E-state index contributed by atoms with van der Waals surface area (Å²) < 4.78 is 0. The number of hydrogen-bond donors (Lipinski definition) is 1. The molecule has 116 valence electrons. The number of hydrogen-bond acceptors (Lipinski definition) is 2. The number of nitrogens with zero attached hydrogens (tertiary/aromatic N) is 1. The quantitative estimate of drug-likeness (QED) is 0.857. The Labute approximate surface area is 127 Å². The van der Waals surface area contributed by atoms with Gasteiger partial charge in [0.05, 0.1) is 0 Å². The number of carbonyl (C=O) groups is 1. The third kappa shape index (κ3) is 2.46. The average molecular weight is 289 g/mol. The molecule has 1 heterocycles. The molecule has 3 rings (SSSR count). The fourth-order valence-electron chi connectivity index (χ4n) is 4.23. The molecule has 0 aromatic carbocycles. The first-order chi connectivity index (χ1) is 10.2. The lowest BCUT2D eigenvalue weighted by molar-refractivity contribution is -0.152. The number of allylic oxidation sites excluding steroid dienone is 1. The summed E-state index contributed by atoms with van der Waals surface area (Å²) in [5.74, 6) is 0.0754. The molecule has 1 N–H and O–H groups in total. The maximum Gasteiger partial charge on any atom is 0.256 e. The Morgan fingerprint density at radius 1 is 1.33 bits per heavy atom. The minimum absolute atomic E-state index is 0.0754. The van der Waals surface area contributed by atoms with Crippen LogP contribution in [0.4, 0.5) is 0 Å². The van der Waals surface area contributed by atoms with E-state index in [1.54, 1.807) is 0 Å². The Hall–Kier alpha value is -1.09. The maximum absolute atomic E-state index is 12.9. The molecule has 1 aliphatic heterocycles. The molecule has 3 aliphatic rings. The van der Waals surface area contributed by atoms with Crippen molar-refractivity contribution in [3.63, 3.8) is 0 Å². The van der Waals surface area contributed by atoms with Gasteiger partial charge in [-0.3, -0.25) is 4.79 Å². The molecule has 1 fully saturated rings. The second kappa shape index (κ2) is 5.96. The first kappa shape index (κ1) is 14.8. The third-order valence-electron chi connectivity index (χ3n) is 5.32. The Morgan fingerprint density at radius 3 is 2.81 bits per heavy atom. The Morgan fingerprint density at radius 2 is 2.10 bits per heavy atom. The molecule has 0 bridgehead atoms. The predicted octanol–water partition coefficient (Wildman–Crippen LogP) is 3.69. The van der Waals surface area contributed by atoms with Gasteiger partial charge in [0.2, 0.25) is 0 Å². The summed E-state index contributed by atoms with van der Waals surface area (Å²) in [4.78, 5) is 14.7. The first-order valence-corrected chi connectivity index (χ1v) is 8.64. The molecule has 1 atom stereocenters. The van der Waals surface area contributed by atoms with Crippen molar-refractivity contribution in [2.45, 2.75) is 82.9 Å². The number of carbonyl (C=O) groups excluding carboxylic acids is 1. The number of aliphatic hydroxyl groups is 1. The fourth-order valence-corrected chi connectivity index (χ4v) is 4.23. The van der Waals surface area contributed by atoms with Crippen LogP contribution < -0.4 is 0 Å². The van der Waals surface area contributed by atoms with E-state index in [0.29, 0.717) is 6.42 Å². The van der Waals surface area contributed by atoms with Crippen molar-refractivity contribution in [2.24, 2.45) is 0 Å². The van der Waals surface area contributed by atoms with E-state index in [-0.39, 0.29) is 11.9 Å². The second-order valence-corrected chi connectivity index (χ2v) is 6.72. The topological polar surface area (TPSA) is 40.5 Å². The minimum Gasteiger partial charge on any atom is -0.367 e. The van der Waals surface area contributed by atoms with Crippen LogP contribution in [0.3, 0.4) is 0 Å². The van der Waals surface area contributed by atoms with Crippen molar-refractivity contribution in [1.29, 1.82) is 0 Å². The van der Waals surface area contributed by atoms with E-state index in [4.69, 9.17) is 0 Å². The third-order valence-corrected chi connectivity index (χ3v) is 5.32. The van der Waals surface area contributed by atoms with Gasteiger partial charge in [0.1, 0.15) is 0 Å². The Bertz CT molecular complexity index is 474. The zero-order valence-corrected chi connectivity index (χ0v) is 13.1. The van der Waals surface area contributed by atoms with Gasteiger partial charge in [-0.1, -0.05) is 44.8 Å². The van der Waals surface area contributed by atoms with Crippen molar-refractivity contribution in [3.05, 3.63) is 23.3 Å². The molecule has 0 radical (unpaired) electrons. The van der Waals surface area contributed by atoms with Crippen molar-refractivity contribution in [2.75, 3.05) is 0 Å². The smallest absolute Gasteiger partial charge is 0.256 e. The van der Waals surface area contributed by atoms with Crippen molar-refractivity contribution in [1.82, 2.24) is 4.90 Å². The van der Waals surface area contributed by atoms with E-state index in [1.807, 2.05) is 11.0 Å². The fraction of sp³-hybridized carbons (Fsp3) is 0.722. The molecule has 1 amide bonds. The first-order valence-electron chi connectivity index (χ1n) is 8.64. The zero-order chi connectivity index (χ0) is 14.9. The highest BCUT2D eigenvalue weighted by molar-refractivity contribution is 6.01. The molecule has 1 saturated carbocycles. The van der Waals surface area contributed by atoms with Gasteiger partial charge in [0.25, 0.3) is 5.91 Å². The second-order valence-electron chi connectivity index (χ2n) is 6.72. The molecule has 0 saturated heterocycles. The molecule has 1 unspecified atom stereocenters. The largest absolute Gasteiger partial charge is 0.367 e. The summed E-state index contributed by atoms with van der Waals surface area (Å²) >= 11 is 0.